The van der Waals surface area contributed by atoms with Crippen molar-refractivity contribution in [3.05, 3.63) is 35.9 Å². The van der Waals surface area contributed by atoms with Crippen LogP contribution in [-0.2, 0) is 11.3 Å². The predicted molar refractivity (Wildman–Crippen MR) is 82.3 cm³/mol. The standard InChI is InChI=1S/C17H23NO3/c1-17(2,3)21-16(20)18(12-8-5-9-13-19)14-15-10-6-4-7-11-15/h4,6-7,10-11,19H,5,9,13-14H2,1-3H3. The fourth-order valence-electron chi connectivity index (χ4n) is 1.55. The van der Waals surface area contributed by atoms with E-state index in [2.05, 4.69) is 12.0 Å². The van der Waals surface area contributed by atoms with Crippen LogP contribution in [0.4, 0.5) is 4.79 Å². The third-order valence-electron chi connectivity index (χ3n) is 2.47. The van der Waals surface area contributed by atoms with Gasteiger partial charge in [-0.1, -0.05) is 36.3 Å². The van der Waals surface area contributed by atoms with E-state index in [0.717, 1.165) is 5.56 Å². The molecule has 1 aromatic rings. The van der Waals surface area contributed by atoms with Crippen molar-refractivity contribution in [3.63, 3.8) is 0 Å². The Bertz CT molecular complexity index is 494. The molecule has 4 nitrogen and oxygen atoms in total. The van der Waals surface area contributed by atoms with Gasteiger partial charge in [0.25, 0.3) is 0 Å². The minimum Gasteiger partial charge on any atom is -0.443 e. The van der Waals surface area contributed by atoms with Gasteiger partial charge >= 0.3 is 6.09 Å². The van der Waals surface area contributed by atoms with Crippen LogP contribution in [0.2, 0.25) is 0 Å². The van der Waals surface area contributed by atoms with Crippen molar-refractivity contribution in [2.24, 2.45) is 0 Å². The molecule has 0 saturated heterocycles. The number of ether oxygens (including phenoxy) is 1. The third-order valence-corrected chi connectivity index (χ3v) is 2.47. The van der Waals surface area contributed by atoms with E-state index >= 15 is 0 Å². The summed E-state index contributed by atoms with van der Waals surface area (Å²) in [5.41, 5.74) is 0.429. The second-order valence-electron chi connectivity index (χ2n) is 5.67. The van der Waals surface area contributed by atoms with Gasteiger partial charge in [0.1, 0.15) is 5.60 Å². The van der Waals surface area contributed by atoms with E-state index in [0.29, 0.717) is 19.4 Å². The van der Waals surface area contributed by atoms with E-state index < -0.39 is 11.7 Å². The van der Waals surface area contributed by atoms with Gasteiger partial charge in [0.05, 0.1) is 6.54 Å². The highest BCUT2D eigenvalue weighted by Crippen LogP contribution is 2.12. The largest absolute Gasteiger partial charge is 0.443 e. The molecule has 0 heterocycles. The molecule has 0 aromatic heterocycles. The highest BCUT2D eigenvalue weighted by molar-refractivity contribution is 5.70. The maximum Gasteiger partial charge on any atom is 0.422 e. The molecule has 0 aliphatic rings. The fraction of sp³-hybridized carbons (Fsp3) is 0.471. The molecule has 0 saturated carbocycles. The molecule has 1 rings (SSSR count). The maximum absolute atomic E-state index is 12.2. The number of hydrogen-bond acceptors (Lipinski definition) is 3. The Morgan fingerprint density at radius 1 is 1.29 bits per heavy atom. The van der Waals surface area contributed by atoms with E-state index in [1.54, 1.807) is 0 Å². The molecular formula is C17H23NO3. The Hall–Kier alpha value is -1.99. The fourth-order valence-corrected chi connectivity index (χ4v) is 1.55. The highest BCUT2D eigenvalue weighted by Gasteiger charge is 2.21. The summed E-state index contributed by atoms with van der Waals surface area (Å²) in [4.78, 5) is 13.6. The normalized spacial score (nSPS) is 10.5. The maximum atomic E-state index is 12.2. The van der Waals surface area contributed by atoms with E-state index in [1.807, 2.05) is 51.1 Å². The number of benzene rings is 1. The molecule has 114 valence electrons. The smallest absolute Gasteiger partial charge is 0.422 e. The number of nitrogens with zero attached hydrogens (tertiary/aromatic N) is 1. The summed E-state index contributed by atoms with van der Waals surface area (Å²) >= 11 is 0. The molecule has 0 aliphatic heterocycles. The van der Waals surface area contributed by atoms with Gasteiger partial charge in [0.15, 0.2) is 0 Å². The van der Waals surface area contributed by atoms with Gasteiger partial charge < -0.3 is 9.84 Å². The summed E-state index contributed by atoms with van der Waals surface area (Å²) in [6, 6.07) is 12.5. The lowest BCUT2D eigenvalue weighted by atomic mass is 10.2. The second kappa shape index (κ2) is 8.33. The van der Waals surface area contributed by atoms with Crippen LogP contribution in [0.15, 0.2) is 30.3 Å². The zero-order valence-corrected chi connectivity index (χ0v) is 12.9. The Kier molecular flexibility index (Phi) is 6.77. The van der Waals surface area contributed by atoms with Gasteiger partial charge in [-0.25, -0.2) is 9.69 Å². The predicted octanol–water partition coefficient (Wildman–Crippen LogP) is 3.16. The summed E-state index contributed by atoms with van der Waals surface area (Å²) in [5.74, 6) is 2.89. The number of aliphatic hydroxyl groups excluding tert-OH is 1. The molecule has 0 radical (unpaired) electrons. The summed E-state index contributed by atoms with van der Waals surface area (Å²) in [7, 11) is 0. The monoisotopic (exact) mass is 289 g/mol. The van der Waals surface area contributed by atoms with Crippen LogP contribution < -0.4 is 0 Å². The van der Waals surface area contributed by atoms with Crippen molar-refractivity contribution in [1.29, 1.82) is 0 Å². The zero-order chi connectivity index (χ0) is 15.7. The average molecular weight is 289 g/mol. The van der Waals surface area contributed by atoms with Crippen LogP contribution in [-0.4, -0.2) is 28.3 Å². The van der Waals surface area contributed by atoms with Crippen molar-refractivity contribution in [2.45, 2.75) is 45.8 Å². The lowest BCUT2D eigenvalue weighted by Gasteiger charge is -2.23. The van der Waals surface area contributed by atoms with E-state index in [1.165, 1.54) is 4.90 Å². The van der Waals surface area contributed by atoms with Gasteiger partial charge in [-0.15, -0.1) is 0 Å². The Morgan fingerprint density at radius 2 is 1.95 bits per heavy atom. The van der Waals surface area contributed by atoms with Crippen LogP contribution in [0.25, 0.3) is 0 Å². The van der Waals surface area contributed by atoms with Gasteiger partial charge in [0.2, 0.25) is 0 Å². The molecule has 1 amide bonds. The second-order valence-corrected chi connectivity index (χ2v) is 5.67. The molecule has 0 fully saturated rings. The summed E-state index contributed by atoms with van der Waals surface area (Å²) < 4.78 is 5.36. The Morgan fingerprint density at radius 3 is 2.52 bits per heavy atom. The van der Waals surface area contributed by atoms with E-state index in [-0.39, 0.29) is 6.61 Å². The van der Waals surface area contributed by atoms with Gasteiger partial charge in [-0.3, -0.25) is 0 Å². The Balaban J connectivity index is 2.78. The van der Waals surface area contributed by atoms with Crippen LogP contribution in [0.5, 0.6) is 0 Å². The highest BCUT2D eigenvalue weighted by atomic mass is 16.6. The average Bonchev–Trinajstić information content (AvgIpc) is 2.41. The molecule has 1 aromatic carbocycles. The van der Waals surface area contributed by atoms with Crippen LogP contribution in [0.1, 0.15) is 39.2 Å². The molecule has 21 heavy (non-hydrogen) atoms. The first kappa shape index (κ1) is 17.1. The molecule has 0 atom stereocenters. The molecular weight excluding hydrogens is 266 g/mol. The first-order chi connectivity index (χ1) is 9.92. The molecule has 1 N–H and O–H groups in total. The number of carbonyl (C=O) groups excluding carboxylic acids is 1. The quantitative estimate of drug-likeness (QED) is 0.526. The minimum absolute atomic E-state index is 0.0970. The number of amides is 1. The summed E-state index contributed by atoms with van der Waals surface area (Å²) in [6.07, 6.45) is 0.688. The number of hydrogen-bond donors (Lipinski definition) is 1. The van der Waals surface area contributed by atoms with Crippen molar-refractivity contribution in [2.75, 3.05) is 6.61 Å². The number of aliphatic hydroxyl groups is 1. The van der Waals surface area contributed by atoms with Crippen molar-refractivity contribution in [1.82, 2.24) is 4.90 Å². The van der Waals surface area contributed by atoms with Crippen LogP contribution >= 0.6 is 0 Å². The lowest BCUT2D eigenvalue weighted by molar-refractivity contribution is 0.0341. The third kappa shape index (κ3) is 7.38. The molecule has 4 heteroatoms. The van der Waals surface area contributed by atoms with Crippen molar-refractivity contribution in [3.8, 4) is 12.0 Å². The first-order valence-corrected chi connectivity index (χ1v) is 7.06. The summed E-state index contributed by atoms with van der Waals surface area (Å²) in [6.45, 7) is 5.95. The molecule has 0 aliphatic carbocycles. The zero-order valence-electron chi connectivity index (χ0n) is 12.9. The van der Waals surface area contributed by atoms with Gasteiger partial charge in [-0.2, -0.15) is 0 Å². The van der Waals surface area contributed by atoms with E-state index in [9.17, 15) is 4.79 Å². The molecule has 0 unspecified atom stereocenters. The topological polar surface area (TPSA) is 49.8 Å². The van der Waals surface area contributed by atoms with Gasteiger partial charge in [0, 0.05) is 19.1 Å². The van der Waals surface area contributed by atoms with Crippen molar-refractivity contribution < 1.29 is 14.6 Å². The number of carbonyl (C=O) groups is 1. The first-order valence-electron chi connectivity index (χ1n) is 7.06. The number of rotatable bonds is 4. The lowest BCUT2D eigenvalue weighted by Crippen LogP contribution is -2.33. The minimum atomic E-state index is -0.557. The molecule has 0 spiro atoms. The number of unbranched alkanes of at least 4 members (excludes halogenated alkanes) is 1. The van der Waals surface area contributed by atoms with Crippen LogP contribution in [0, 0.1) is 12.0 Å². The van der Waals surface area contributed by atoms with E-state index in [4.69, 9.17) is 9.84 Å². The molecule has 0 bridgehead atoms. The Labute approximate surface area is 126 Å². The SMILES string of the molecule is CC(C)(C)OC(=O)N(C#CCCCO)Cc1ccccc1. The summed E-state index contributed by atoms with van der Waals surface area (Å²) in [5, 5.41) is 8.76. The van der Waals surface area contributed by atoms with Gasteiger partial charge in [-0.05, 0) is 32.8 Å². The van der Waals surface area contributed by atoms with Crippen LogP contribution in [0.3, 0.4) is 0 Å². The van der Waals surface area contributed by atoms with Crippen molar-refractivity contribution >= 4 is 6.09 Å².